The minimum atomic E-state index is -0.567. The van der Waals surface area contributed by atoms with E-state index in [1.807, 2.05) is 51.1 Å². The zero-order valence-corrected chi connectivity index (χ0v) is 14.4. The lowest BCUT2D eigenvalue weighted by atomic mass is 9.99. The van der Waals surface area contributed by atoms with Crippen molar-refractivity contribution in [3.05, 3.63) is 48.2 Å². The summed E-state index contributed by atoms with van der Waals surface area (Å²) in [5, 5.41) is 0.961. The summed E-state index contributed by atoms with van der Waals surface area (Å²) in [7, 11) is 1.79. The lowest BCUT2D eigenvalue weighted by Gasteiger charge is -2.29. The number of para-hydroxylation sites is 1. The summed E-state index contributed by atoms with van der Waals surface area (Å²) in [5.74, 6) is -0.0275. The number of fused-ring (bicyclic) bond motifs is 1. The maximum absolute atomic E-state index is 12.6. The number of likely N-dealkylation sites (N-methyl/N-ethyl adjacent to an activating group) is 1. The Bertz CT molecular complexity index is 827. The number of ether oxygens (including phenoxy) is 1. The first kappa shape index (κ1) is 16.3. The molecule has 0 aliphatic carbocycles. The SMILES string of the molecule is CN1C(=O)C=CCC1c1cn(C(=O)OC(C)(C)C)c2ccccc12. The van der Waals surface area contributed by atoms with Crippen molar-refractivity contribution in [2.24, 2.45) is 0 Å². The maximum atomic E-state index is 12.6. The van der Waals surface area contributed by atoms with Gasteiger partial charge in [0.15, 0.2) is 0 Å². The zero-order chi connectivity index (χ0) is 17.5. The number of aromatic nitrogens is 1. The topological polar surface area (TPSA) is 51.5 Å². The number of benzene rings is 1. The Morgan fingerprint density at radius 2 is 1.96 bits per heavy atom. The quantitative estimate of drug-likeness (QED) is 0.799. The summed E-state index contributed by atoms with van der Waals surface area (Å²) in [6.07, 6.45) is 5.58. The van der Waals surface area contributed by atoms with Crippen LogP contribution >= 0.6 is 0 Å². The van der Waals surface area contributed by atoms with E-state index >= 15 is 0 Å². The average molecular weight is 326 g/mol. The van der Waals surface area contributed by atoms with Gasteiger partial charge in [-0.05, 0) is 39.3 Å². The average Bonchev–Trinajstić information content (AvgIpc) is 2.88. The molecule has 0 radical (unpaired) electrons. The molecule has 1 aliphatic rings. The number of rotatable bonds is 1. The summed E-state index contributed by atoms with van der Waals surface area (Å²) in [5.41, 5.74) is 1.18. The van der Waals surface area contributed by atoms with Gasteiger partial charge in [0.2, 0.25) is 5.91 Å². The molecule has 5 nitrogen and oxygen atoms in total. The van der Waals surface area contributed by atoms with Gasteiger partial charge in [-0.15, -0.1) is 0 Å². The van der Waals surface area contributed by atoms with Crippen molar-refractivity contribution in [1.29, 1.82) is 0 Å². The van der Waals surface area contributed by atoms with Gasteiger partial charge in [-0.3, -0.25) is 9.36 Å². The third-order valence-electron chi connectivity index (χ3n) is 4.13. The van der Waals surface area contributed by atoms with Gasteiger partial charge < -0.3 is 9.64 Å². The van der Waals surface area contributed by atoms with Gasteiger partial charge >= 0.3 is 6.09 Å². The van der Waals surface area contributed by atoms with Gasteiger partial charge in [-0.25, -0.2) is 4.79 Å². The number of hydrogen-bond donors (Lipinski definition) is 0. The van der Waals surface area contributed by atoms with Crippen LogP contribution in [-0.4, -0.2) is 34.1 Å². The van der Waals surface area contributed by atoms with Gasteiger partial charge in [0, 0.05) is 24.2 Å². The Kier molecular flexibility index (Phi) is 3.95. The molecule has 2 aromatic rings. The molecular weight excluding hydrogens is 304 g/mol. The predicted molar refractivity (Wildman–Crippen MR) is 92.8 cm³/mol. The van der Waals surface area contributed by atoms with Gasteiger partial charge in [-0.2, -0.15) is 0 Å². The minimum absolute atomic E-state index is 0.0275. The second-order valence-electron chi connectivity index (χ2n) is 7.05. The van der Waals surface area contributed by atoms with E-state index in [1.54, 1.807) is 24.2 Å². The molecule has 1 atom stereocenters. The molecule has 0 saturated carbocycles. The predicted octanol–water partition coefficient (Wildman–Crippen LogP) is 3.88. The van der Waals surface area contributed by atoms with Crippen LogP contribution in [-0.2, 0) is 9.53 Å². The molecule has 1 unspecified atom stereocenters. The van der Waals surface area contributed by atoms with Crippen LogP contribution in [0.1, 0.15) is 38.8 Å². The molecule has 1 amide bonds. The number of carbonyl (C=O) groups is 2. The van der Waals surface area contributed by atoms with Crippen molar-refractivity contribution in [1.82, 2.24) is 9.47 Å². The molecule has 3 rings (SSSR count). The second kappa shape index (κ2) is 5.82. The maximum Gasteiger partial charge on any atom is 0.419 e. The Balaban J connectivity index is 2.09. The van der Waals surface area contributed by atoms with E-state index in [-0.39, 0.29) is 11.9 Å². The lowest BCUT2D eigenvalue weighted by Crippen LogP contribution is -2.32. The third kappa shape index (κ3) is 2.94. The van der Waals surface area contributed by atoms with E-state index < -0.39 is 11.7 Å². The van der Waals surface area contributed by atoms with Gasteiger partial charge in [-0.1, -0.05) is 24.3 Å². The molecule has 126 valence electrons. The van der Waals surface area contributed by atoms with Crippen LogP contribution in [0.2, 0.25) is 0 Å². The first-order valence-electron chi connectivity index (χ1n) is 8.04. The molecule has 0 bridgehead atoms. The summed E-state index contributed by atoms with van der Waals surface area (Å²) < 4.78 is 7.04. The van der Waals surface area contributed by atoms with Gasteiger partial charge in [0.1, 0.15) is 5.60 Å². The molecule has 24 heavy (non-hydrogen) atoms. The highest BCUT2D eigenvalue weighted by Gasteiger charge is 2.28. The zero-order valence-electron chi connectivity index (χ0n) is 14.4. The molecule has 1 aromatic carbocycles. The molecular formula is C19H22N2O3. The van der Waals surface area contributed by atoms with Crippen molar-refractivity contribution >= 4 is 22.9 Å². The highest BCUT2D eigenvalue weighted by molar-refractivity contribution is 5.94. The number of carbonyl (C=O) groups excluding carboxylic acids is 2. The fourth-order valence-corrected chi connectivity index (χ4v) is 3.00. The van der Waals surface area contributed by atoms with E-state index in [1.165, 1.54) is 4.57 Å². The van der Waals surface area contributed by atoms with E-state index in [4.69, 9.17) is 4.74 Å². The lowest BCUT2D eigenvalue weighted by molar-refractivity contribution is -0.127. The van der Waals surface area contributed by atoms with Crippen molar-refractivity contribution in [3.63, 3.8) is 0 Å². The van der Waals surface area contributed by atoms with Crippen molar-refractivity contribution in [3.8, 4) is 0 Å². The number of nitrogens with zero attached hydrogens (tertiary/aromatic N) is 2. The molecule has 0 saturated heterocycles. The van der Waals surface area contributed by atoms with Crippen LogP contribution < -0.4 is 0 Å². The van der Waals surface area contributed by atoms with E-state index in [2.05, 4.69) is 0 Å². The molecule has 5 heteroatoms. The minimum Gasteiger partial charge on any atom is -0.443 e. The fourth-order valence-electron chi connectivity index (χ4n) is 3.00. The Morgan fingerprint density at radius 3 is 2.67 bits per heavy atom. The first-order chi connectivity index (χ1) is 11.3. The van der Waals surface area contributed by atoms with Crippen LogP contribution in [0.3, 0.4) is 0 Å². The number of hydrogen-bond acceptors (Lipinski definition) is 3. The van der Waals surface area contributed by atoms with Crippen molar-refractivity contribution in [2.45, 2.75) is 38.8 Å². The Morgan fingerprint density at radius 1 is 1.25 bits per heavy atom. The highest BCUT2D eigenvalue weighted by atomic mass is 16.6. The molecule has 2 heterocycles. The van der Waals surface area contributed by atoms with Crippen LogP contribution in [0.15, 0.2) is 42.6 Å². The fraction of sp³-hybridized carbons (Fsp3) is 0.368. The summed E-state index contributed by atoms with van der Waals surface area (Å²) in [6, 6.07) is 7.61. The summed E-state index contributed by atoms with van der Waals surface area (Å²) in [6.45, 7) is 5.53. The Hall–Kier alpha value is -2.56. The van der Waals surface area contributed by atoms with E-state index in [0.717, 1.165) is 22.9 Å². The van der Waals surface area contributed by atoms with E-state index in [9.17, 15) is 9.59 Å². The van der Waals surface area contributed by atoms with Crippen LogP contribution in [0, 0.1) is 0 Å². The monoisotopic (exact) mass is 326 g/mol. The summed E-state index contributed by atoms with van der Waals surface area (Å²) in [4.78, 5) is 26.3. The normalized spacial score (nSPS) is 18.2. The molecule has 1 aromatic heterocycles. The third-order valence-corrected chi connectivity index (χ3v) is 4.13. The smallest absolute Gasteiger partial charge is 0.419 e. The van der Waals surface area contributed by atoms with E-state index in [0.29, 0.717) is 0 Å². The van der Waals surface area contributed by atoms with Crippen molar-refractivity contribution in [2.75, 3.05) is 7.05 Å². The molecule has 1 aliphatic heterocycles. The van der Waals surface area contributed by atoms with Crippen molar-refractivity contribution < 1.29 is 14.3 Å². The van der Waals surface area contributed by atoms with Crippen LogP contribution in [0.4, 0.5) is 4.79 Å². The largest absolute Gasteiger partial charge is 0.443 e. The molecule has 0 N–H and O–H groups in total. The molecule has 0 fully saturated rings. The standard InChI is InChI=1S/C19H22N2O3/c1-19(2,3)24-18(23)21-12-14(13-8-5-6-9-16(13)21)15-10-7-11-17(22)20(15)4/h5-9,11-12,15H,10H2,1-4H3. The van der Waals surface area contributed by atoms with Crippen LogP contribution in [0.25, 0.3) is 10.9 Å². The summed E-state index contributed by atoms with van der Waals surface area (Å²) >= 11 is 0. The highest BCUT2D eigenvalue weighted by Crippen LogP contribution is 2.34. The van der Waals surface area contributed by atoms with Crippen LogP contribution in [0.5, 0.6) is 0 Å². The second-order valence-corrected chi connectivity index (χ2v) is 7.05. The number of amides is 1. The Labute approximate surface area is 141 Å². The van der Waals surface area contributed by atoms with Gasteiger partial charge in [0.25, 0.3) is 0 Å². The first-order valence-corrected chi connectivity index (χ1v) is 8.04. The molecule has 0 spiro atoms. The van der Waals surface area contributed by atoms with Gasteiger partial charge in [0.05, 0.1) is 11.6 Å².